The fraction of sp³-hybridized carbons (Fsp3) is 0.714. The van der Waals surface area contributed by atoms with Gasteiger partial charge in [-0.25, -0.2) is 4.98 Å². The zero-order chi connectivity index (χ0) is 18.4. The zero-order valence-electron chi connectivity index (χ0n) is 16.1. The average molecular weight is 364 g/mol. The largest absolute Gasteiger partial charge is 0.394 e. The normalized spacial score (nSPS) is 23.1. The van der Waals surface area contributed by atoms with E-state index < -0.39 is 0 Å². The maximum Gasteiger partial charge on any atom is 0.375 e. The molecule has 0 unspecified atom stereocenters. The summed E-state index contributed by atoms with van der Waals surface area (Å²) in [6.45, 7) is 10.5. The number of anilines is 1. The minimum Gasteiger partial charge on any atom is -0.394 e. The third kappa shape index (κ3) is 3.18. The van der Waals surface area contributed by atoms with Gasteiger partial charge in [0.25, 0.3) is 0 Å². The van der Waals surface area contributed by atoms with Crippen molar-refractivity contribution in [1.82, 2.24) is 19.5 Å². The summed E-state index contributed by atoms with van der Waals surface area (Å²) < 4.78 is 2.23. The molecular weight excluding hydrogens is 336 g/mol. The van der Waals surface area contributed by atoms with Gasteiger partial charge < -0.3 is 14.7 Å². The fourth-order valence-corrected chi connectivity index (χ4v) is 4.96. The van der Waals surface area contributed by atoms with E-state index in [1.54, 1.807) is 0 Å². The van der Waals surface area contributed by atoms with E-state index in [0.29, 0.717) is 23.5 Å². The van der Waals surface area contributed by atoms with Gasteiger partial charge in [-0.1, -0.05) is 6.42 Å². The minimum absolute atomic E-state index is 0.185. The summed E-state index contributed by atoms with van der Waals surface area (Å²) in [6, 6.07) is 0.364. The van der Waals surface area contributed by atoms with E-state index in [0.717, 1.165) is 23.3 Å². The van der Waals surface area contributed by atoms with E-state index >= 15 is 0 Å². The van der Waals surface area contributed by atoms with E-state index in [9.17, 15) is 0 Å². The molecule has 2 aromatic heterocycles. The number of fused-ring (bicyclic) bond motifs is 1. The molecule has 0 bridgehead atoms. The van der Waals surface area contributed by atoms with Crippen molar-refractivity contribution in [3.8, 4) is 0 Å². The van der Waals surface area contributed by atoms with Crippen molar-refractivity contribution in [1.29, 1.82) is 0 Å². The van der Waals surface area contributed by atoms with Gasteiger partial charge in [-0.3, -0.25) is 0 Å². The zero-order valence-corrected chi connectivity index (χ0v) is 16.1. The first-order valence-corrected chi connectivity index (χ1v) is 10.5. The lowest BCUT2D eigenvalue weighted by atomic mass is 9.80. The number of aromatic nitrogens is 4. The monoisotopic (exact) mass is 364 g/mol. The second kappa shape index (κ2) is 6.47. The van der Waals surface area contributed by atoms with E-state index in [1.165, 1.54) is 57.8 Å². The third-order valence-corrected chi connectivity index (χ3v) is 7.36. The minimum atomic E-state index is 0.185. The summed E-state index contributed by atoms with van der Waals surface area (Å²) in [5, 5.41) is 3.59. The highest BCUT2D eigenvalue weighted by molar-refractivity contribution is 5.84. The van der Waals surface area contributed by atoms with Gasteiger partial charge in [0.05, 0.1) is 6.33 Å². The highest BCUT2D eigenvalue weighted by atomic mass is 15.2. The lowest BCUT2D eigenvalue weighted by molar-refractivity contribution is 0.238. The van der Waals surface area contributed by atoms with E-state index in [1.807, 2.05) is 6.33 Å². The Kier molecular flexibility index (Phi) is 4.07. The first-order chi connectivity index (χ1) is 13.2. The van der Waals surface area contributed by atoms with Crippen LogP contribution in [0.3, 0.4) is 0 Å². The molecule has 5 rings (SSSR count). The smallest absolute Gasteiger partial charge is 0.375 e. The standard InChI is InChI=1S/C21H28N6/c1-14(16-4-3-5-16)24-19-17-18(25-20(22-2)26-19)23-13-27(17)12-15-6-8-21(9-7-15)10-11-21/h13-16H,3-12H2,1H3,(H,24,25,26)/t14-/m1/s1. The van der Waals surface area contributed by atoms with Crippen LogP contribution in [0.25, 0.3) is 16.0 Å². The number of nitrogens with one attached hydrogen (secondary N) is 1. The molecule has 0 saturated heterocycles. The number of rotatable bonds is 5. The Labute approximate surface area is 160 Å². The molecule has 27 heavy (non-hydrogen) atoms. The molecule has 142 valence electrons. The summed E-state index contributed by atoms with van der Waals surface area (Å²) in [7, 11) is 0. The van der Waals surface area contributed by atoms with Gasteiger partial charge in [-0.05, 0) is 75.5 Å². The van der Waals surface area contributed by atoms with Gasteiger partial charge in [0, 0.05) is 12.6 Å². The molecule has 3 aliphatic carbocycles. The van der Waals surface area contributed by atoms with Crippen LogP contribution >= 0.6 is 0 Å². The first-order valence-electron chi connectivity index (χ1n) is 10.5. The molecule has 6 nitrogen and oxygen atoms in total. The average Bonchev–Trinajstić information content (AvgIpc) is 3.26. The molecule has 3 aliphatic rings. The number of imidazole rings is 1. The molecule has 3 fully saturated rings. The Morgan fingerprint density at radius 2 is 2.00 bits per heavy atom. The second-order valence-electron chi connectivity index (χ2n) is 9.12. The highest BCUT2D eigenvalue weighted by Crippen LogP contribution is 2.57. The molecule has 0 radical (unpaired) electrons. The van der Waals surface area contributed by atoms with Gasteiger partial charge in [0.15, 0.2) is 5.52 Å². The number of hydrogen-bond acceptors (Lipinski definition) is 4. The predicted octanol–water partition coefficient (Wildman–Crippen LogP) is 4.95. The summed E-state index contributed by atoms with van der Waals surface area (Å²) in [5.74, 6) is 2.39. The van der Waals surface area contributed by atoms with Crippen molar-refractivity contribution in [3.05, 3.63) is 17.7 Å². The first kappa shape index (κ1) is 17.0. The topological polar surface area (TPSA) is 60.0 Å². The summed E-state index contributed by atoms with van der Waals surface area (Å²) >= 11 is 0. The Balaban J connectivity index is 1.41. The van der Waals surface area contributed by atoms with Crippen molar-refractivity contribution in [3.63, 3.8) is 0 Å². The van der Waals surface area contributed by atoms with Crippen LogP contribution in [-0.4, -0.2) is 25.6 Å². The van der Waals surface area contributed by atoms with E-state index in [-0.39, 0.29) is 5.95 Å². The fourth-order valence-electron chi connectivity index (χ4n) is 4.96. The molecule has 1 N–H and O–H groups in total. The molecule has 2 heterocycles. The number of nitrogens with zero attached hydrogens (tertiary/aromatic N) is 5. The second-order valence-corrected chi connectivity index (χ2v) is 9.12. The summed E-state index contributed by atoms with van der Waals surface area (Å²) in [5.41, 5.74) is 2.35. The van der Waals surface area contributed by atoms with Gasteiger partial charge in [-0.2, -0.15) is 0 Å². The lowest BCUT2D eigenvalue weighted by Crippen LogP contribution is -2.31. The van der Waals surface area contributed by atoms with Crippen molar-refractivity contribution in [2.75, 3.05) is 5.32 Å². The van der Waals surface area contributed by atoms with Crippen molar-refractivity contribution >= 4 is 22.9 Å². The predicted molar refractivity (Wildman–Crippen MR) is 106 cm³/mol. The number of hydrogen-bond donors (Lipinski definition) is 1. The van der Waals surface area contributed by atoms with Gasteiger partial charge in [0.2, 0.25) is 11.5 Å². The van der Waals surface area contributed by atoms with Crippen LogP contribution in [0.1, 0.15) is 64.7 Å². The van der Waals surface area contributed by atoms with Gasteiger partial charge in [0.1, 0.15) is 0 Å². The van der Waals surface area contributed by atoms with Crippen LogP contribution in [0.15, 0.2) is 6.33 Å². The van der Waals surface area contributed by atoms with E-state index in [4.69, 9.17) is 6.57 Å². The van der Waals surface area contributed by atoms with Crippen LogP contribution in [0.4, 0.5) is 11.8 Å². The van der Waals surface area contributed by atoms with Crippen molar-refractivity contribution < 1.29 is 0 Å². The SMILES string of the molecule is [C-]#[N+]c1nc(N[C@H](C)C2CCC2)c2c(ncn2CC2CCC3(CC2)CC3)n1. The molecular formula is C21H28N6. The third-order valence-electron chi connectivity index (χ3n) is 7.36. The maximum atomic E-state index is 7.32. The highest BCUT2D eigenvalue weighted by Gasteiger charge is 2.44. The van der Waals surface area contributed by atoms with E-state index in [2.05, 4.69) is 36.6 Å². The van der Waals surface area contributed by atoms with Crippen molar-refractivity contribution in [2.45, 2.75) is 77.3 Å². The quantitative estimate of drug-likeness (QED) is 0.763. The lowest BCUT2D eigenvalue weighted by Gasteiger charge is -2.32. The summed E-state index contributed by atoms with van der Waals surface area (Å²) in [6.07, 6.45) is 14.1. The van der Waals surface area contributed by atoms with Crippen LogP contribution in [-0.2, 0) is 6.54 Å². The molecule has 0 aromatic carbocycles. The van der Waals surface area contributed by atoms with Gasteiger partial charge in [-0.15, -0.1) is 16.5 Å². The van der Waals surface area contributed by atoms with Crippen LogP contribution in [0, 0.1) is 23.8 Å². The Hall–Kier alpha value is -2.16. The molecule has 0 amide bonds. The Morgan fingerprint density at radius 1 is 1.22 bits per heavy atom. The molecule has 1 atom stereocenters. The molecule has 0 aliphatic heterocycles. The maximum absolute atomic E-state index is 7.32. The molecule has 2 aromatic rings. The van der Waals surface area contributed by atoms with Crippen molar-refractivity contribution in [2.24, 2.45) is 17.3 Å². The molecule has 1 spiro atoms. The van der Waals surface area contributed by atoms with Crippen LogP contribution in [0.5, 0.6) is 0 Å². The van der Waals surface area contributed by atoms with Crippen LogP contribution < -0.4 is 5.32 Å². The van der Waals surface area contributed by atoms with Crippen LogP contribution in [0.2, 0.25) is 0 Å². The Bertz CT molecular complexity index is 876. The summed E-state index contributed by atoms with van der Waals surface area (Å²) in [4.78, 5) is 16.8. The molecule has 3 saturated carbocycles. The van der Waals surface area contributed by atoms with Gasteiger partial charge >= 0.3 is 5.95 Å². The molecule has 6 heteroatoms. The Morgan fingerprint density at radius 3 is 2.63 bits per heavy atom.